The first-order valence-corrected chi connectivity index (χ1v) is 6.43. The van der Waals surface area contributed by atoms with Gasteiger partial charge in [0.1, 0.15) is 0 Å². The molecule has 4 nitrogen and oxygen atoms in total. The van der Waals surface area contributed by atoms with E-state index in [0.29, 0.717) is 11.8 Å². The fourth-order valence-corrected chi connectivity index (χ4v) is 2.37. The molecule has 1 aliphatic rings. The second-order valence-corrected chi connectivity index (χ2v) is 5.15. The third kappa shape index (κ3) is 3.08. The van der Waals surface area contributed by atoms with Gasteiger partial charge in [0.15, 0.2) is 0 Å². The fraction of sp³-hybridized carbons (Fsp3) is 0.692. The third-order valence-electron chi connectivity index (χ3n) is 3.42. The Kier molecular flexibility index (Phi) is 3.82. The van der Waals surface area contributed by atoms with Crippen LogP contribution in [-0.2, 0) is 11.3 Å². The van der Waals surface area contributed by atoms with Crippen LogP contribution < -0.4 is 0 Å². The first kappa shape index (κ1) is 12.1. The van der Waals surface area contributed by atoms with E-state index in [0.717, 1.165) is 32.5 Å². The van der Waals surface area contributed by atoms with Gasteiger partial charge in [0.25, 0.3) is 0 Å². The quantitative estimate of drug-likeness (QED) is 0.801. The minimum Gasteiger partial charge on any atom is -0.342 e. The van der Waals surface area contributed by atoms with E-state index in [2.05, 4.69) is 5.10 Å². The number of aromatic nitrogens is 2. The van der Waals surface area contributed by atoms with Crippen molar-refractivity contribution in [1.82, 2.24) is 14.7 Å². The average Bonchev–Trinajstić information content (AvgIpc) is 2.82. The normalized spacial score (nSPS) is 17.7. The maximum absolute atomic E-state index is 11.8. The molecule has 2 rings (SSSR count). The van der Waals surface area contributed by atoms with Crippen molar-refractivity contribution in [3.63, 3.8) is 0 Å². The SMILES string of the molecule is CC(C)C(=O)N1CCC(Cn2cccn2)CC1. The molecule has 0 spiro atoms. The minimum absolute atomic E-state index is 0.123. The predicted molar refractivity (Wildman–Crippen MR) is 66.4 cm³/mol. The summed E-state index contributed by atoms with van der Waals surface area (Å²) in [6.07, 6.45) is 6.01. The van der Waals surface area contributed by atoms with Crippen LogP contribution in [0.1, 0.15) is 26.7 Å². The molecule has 0 aromatic carbocycles. The number of piperidine rings is 1. The molecular weight excluding hydrogens is 214 g/mol. The summed E-state index contributed by atoms with van der Waals surface area (Å²) in [4.78, 5) is 13.8. The Morgan fingerprint density at radius 1 is 1.41 bits per heavy atom. The first-order chi connectivity index (χ1) is 8.16. The summed E-state index contributed by atoms with van der Waals surface area (Å²) >= 11 is 0. The highest BCUT2D eigenvalue weighted by atomic mass is 16.2. The summed E-state index contributed by atoms with van der Waals surface area (Å²) in [7, 11) is 0. The lowest BCUT2D eigenvalue weighted by molar-refractivity contribution is -0.135. The van der Waals surface area contributed by atoms with Crippen LogP contribution >= 0.6 is 0 Å². The number of hydrogen-bond acceptors (Lipinski definition) is 2. The molecule has 1 aliphatic heterocycles. The van der Waals surface area contributed by atoms with Crippen molar-refractivity contribution >= 4 is 5.91 Å². The summed E-state index contributed by atoms with van der Waals surface area (Å²) in [6, 6.07) is 1.96. The summed E-state index contributed by atoms with van der Waals surface area (Å²) in [5.74, 6) is 1.08. The van der Waals surface area contributed by atoms with Crippen LogP contribution in [0, 0.1) is 11.8 Å². The van der Waals surface area contributed by atoms with Gasteiger partial charge in [0.2, 0.25) is 5.91 Å². The van der Waals surface area contributed by atoms with E-state index in [1.807, 2.05) is 41.9 Å². The lowest BCUT2D eigenvalue weighted by atomic mass is 9.96. The van der Waals surface area contributed by atoms with Crippen LogP contribution in [0.5, 0.6) is 0 Å². The van der Waals surface area contributed by atoms with Crippen LogP contribution in [0.15, 0.2) is 18.5 Å². The maximum Gasteiger partial charge on any atom is 0.225 e. The van der Waals surface area contributed by atoms with Crippen molar-refractivity contribution in [2.75, 3.05) is 13.1 Å². The Morgan fingerprint density at radius 2 is 2.12 bits per heavy atom. The molecule has 17 heavy (non-hydrogen) atoms. The van der Waals surface area contributed by atoms with Crippen LogP contribution in [0.25, 0.3) is 0 Å². The van der Waals surface area contributed by atoms with Crippen molar-refractivity contribution in [1.29, 1.82) is 0 Å². The van der Waals surface area contributed by atoms with E-state index in [9.17, 15) is 4.79 Å². The Morgan fingerprint density at radius 3 is 2.65 bits per heavy atom. The number of carbonyl (C=O) groups is 1. The zero-order chi connectivity index (χ0) is 12.3. The summed E-state index contributed by atoms with van der Waals surface area (Å²) in [5.41, 5.74) is 0. The highest BCUT2D eigenvalue weighted by Gasteiger charge is 2.24. The smallest absolute Gasteiger partial charge is 0.225 e. The molecule has 0 bridgehead atoms. The van der Waals surface area contributed by atoms with Crippen LogP contribution in [-0.4, -0.2) is 33.7 Å². The largest absolute Gasteiger partial charge is 0.342 e. The standard InChI is InChI=1S/C13H21N3O/c1-11(2)13(17)15-8-4-12(5-9-15)10-16-7-3-6-14-16/h3,6-7,11-12H,4-5,8-10H2,1-2H3. The zero-order valence-corrected chi connectivity index (χ0v) is 10.7. The molecular formula is C13H21N3O. The Labute approximate surface area is 103 Å². The first-order valence-electron chi connectivity index (χ1n) is 6.43. The van der Waals surface area contributed by atoms with Gasteiger partial charge in [-0.1, -0.05) is 13.8 Å². The van der Waals surface area contributed by atoms with Crippen molar-refractivity contribution in [2.45, 2.75) is 33.2 Å². The second kappa shape index (κ2) is 5.34. The maximum atomic E-state index is 11.8. The summed E-state index contributed by atoms with van der Waals surface area (Å²) in [5, 5.41) is 4.23. The molecule has 0 N–H and O–H groups in total. The molecule has 0 atom stereocenters. The van der Waals surface area contributed by atoms with Crippen LogP contribution in [0.3, 0.4) is 0 Å². The molecule has 1 saturated heterocycles. The van der Waals surface area contributed by atoms with Gasteiger partial charge in [-0.15, -0.1) is 0 Å². The van der Waals surface area contributed by atoms with E-state index < -0.39 is 0 Å². The predicted octanol–water partition coefficient (Wildman–Crippen LogP) is 1.78. The van der Waals surface area contributed by atoms with Gasteiger partial charge in [0, 0.05) is 37.9 Å². The zero-order valence-electron chi connectivity index (χ0n) is 10.7. The lowest BCUT2D eigenvalue weighted by Gasteiger charge is -2.33. The number of nitrogens with zero attached hydrogens (tertiary/aromatic N) is 3. The monoisotopic (exact) mass is 235 g/mol. The topological polar surface area (TPSA) is 38.1 Å². The van der Waals surface area contributed by atoms with Crippen molar-refractivity contribution in [3.05, 3.63) is 18.5 Å². The van der Waals surface area contributed by atoms with Gasteiger partial charge in [-0.05, 0) is 24.8 Å². The Bertz CT molecular complexity index is 351. The Hall–Kier alpha value is -1.32. The molecule has 0 aliphatic carbocycles. The molecule has 1 aromatic heterocycles. The van der Waals surface area contributed by atoms with Gasteiger partial charge in [0.05, 0.1) is 0 Å². The van der Waals surface area contributed by atoms with Gasteiger partial charge in [-0.3, -0.25) is 9.48 Å². The molecule has 0 unspecified atom stereocenters. The molecule has 1 amide bonds. The lowest BCUT2D eigenvalue weighted by Crippen LogP contribution is -2.41. The van der Waals surface area contributed by atoms with E-state index in [-0.39, 0.29) is 5.92 Å². The van der Waals surface area contributed by atoms with Crippen molar-refractivity contribution in [2.24, 2.45) is 11.8 Å². The summed E-state index contributed by atoms with van der Waals surface area (Å²) in [6.45, 7) is 6.74. The highest BCUT2D eigenvalue weighted by Crippen LogP contribution is 2.20. The van der Waals surface area contributed by atoms with Gasteiger partial charge in [-0.25, -0.2) is 0 Å². The average molecular weight is 235 g/mol. The number of rotatable bonds is 3. The number of likely N-dealkylation sites (tertiary alicyclic amines) is 1. The molecule has 0 radical (unpaired) electrons. The summed E-state index contributed by atoms with van der Waals surface area (Å²) < 4.78 is 1.99. The van der Waals surface area contributed by atoms with Crippen LogP contribution in [0.2, 0.25) is 0 Å². The van der Waals surface area contributed by atoms with E-state index in [4.69, 9.17) is 0 Å². The van der Waals surface area contributed by atoms with Crippen molar-refractivity contribution < 1.29 is 4.79 Å². The van der Waals surface area contributed by atoms with Crippen LogP contribution in [0.4, 0.5) is 0 Å². The second-order valence-electron chi connectivity index (χ2n) is 5.15. The molecule has 1 fully saturated rings. The molecule has 0 saturated carbocycles. The van der Waals surface area contributed by atoms with Crippen molar-refractivity contribution in [3.8, 4) is 0 Å². The molecule has 1 aromatic rings. The number of hydrogen-bond donors (Lipinski definition) is 0. The fourth-order valence-electron chi connectivity index (χ4n) is 2.37. The molecule has 2 heterocycles. The Balaban J connectivity index is 1.80. The van der Waals surface area contributed by atoms with E-state index >= 15 is 0 Å². The highest BCUT2D eigenvalue weighted by molar-refractivity contribution is 5.78. The number of amides is 1. The minimum atomic E-state index is 0.123. The van der Waals surface area contributed by atoms with E-state index in [1.165, 1.54) is 0 Å². The van der Waals surface area contributed by atoms with E-state index in [1.54, 1.807) is 0 Å². The number of carbonyl (C=O) groups excluding carboxylic acids is 1. The van der Waals surface area contributed by atoms with Gasteiger partial charge < -0.3 is 4.90 Å². The molecule has 4 heteroatoms. The van der Waals surface area contributed by atoms with Gasteiger partial charge in [-0.2, -0.15) is 5.10 Å². The third-order valence-corrected chi connectivity index (χ3v) is 3.42. The van der Waals surface area contributed by atoms with Gasteiger partial charge >= 0.3 is 0 Å². The molecule has 94 valence electrons.